The normalized spacial score (nSPS) is 10.1. The van der Waals surface area contributed by atoms with E-state index in [0.717, 1.165) is 11.5 Å². The van der Waals surface area contributed by atoms with Gasteiger partial charge in [-0.3, -0.25) is 10.1 Å². The minimum atomic E-state index is -0.473. The van der Waals surface area contributed by atoms with E-state index in [1.54, 1.807) is 7.11 Å². The fourth-order valence-corrected chi connectivity index (χ4v) is 1.99. The van der Waals surface area contributed by atoms with E-state index in [1.807, 2.05) is 24.3 Å². The van der Waals surface area contributed by atoms with Crippen molar-refractivity contribution >= 4 is 5.69 Å². The van der Waals surface area contributed by atoms with Gasteiger partial charge in [-0.25, -0.2) is 0 Å². The van der Waals surface area contributed by atoms with Gasteiger partial charge in [0.15, 0.2) is 11.5 Å². The van der Waals surface area contributed by atoms with Crippen LogP contribution in [0, 0.1) is 10.1 Å². The summed E-state index contributed by atoms with van der Waals surface area (Å²) in [7, 11) is 3.09. The summed E-state index contributed by atoms with van der Waals surface area (Å²) >= 11 is 0. The van der Waals surface area contributed by atoms with Crippen molar-refractivity contribution in [3.05, 3.63) is 52.6 Å². The van der Waals surface area contributed by atoms with E-state index in [0.29, 0.717) is 31.1 Å². The van der Waals surface area contributed by atoms with E-state index < -0.39 is 4.92 Å². The van der Waals surface area contributed by atoms with Gasteiger partial charge in [-0.1, -0.05) is 0 Å². The molecule has 0 aliphatic heterocycles. The minimum Gasteiger partial charge on any atom is -0.497 e. The van der Waals surface area contributed by atoms with E-state index in [2.05, 4.69) is 0 Å². The maximum atomic E-state index is 10.8. The summed E-state index contributed by atoms with van der Waals surface area (Å²) in [5.41, 5.74) is -0.0414. The molecule has 0 aliphatic carbocycles. The van der Waals surface area contributed by atoms with Gasteiger partial charge in [-0.2, -0.15) is 0 Å². The molecular weight excluding hydrogens is 314 g/mol. The fraction of sp³-hybridized carbons (Fsp3) is 0.294. The summed E-state index contributed by atoms with van der Waals surface area (Å²) < 4.78 is 21.4. The third-order valence-corrected chi connectivity index (χ3v) is 3.23. The molecule has 0 bridgehead atoms. The molecule has 0 aliphatic rings. The van der Waals surface area contributed by atoms with Gasteiger partial charge < -0.3 is 18.9 Å². The first-order chi connectivity index (χ1) is 11.6. The summed E-state index contributed by atoms with van der Waals surface area (Å²) in [5, 5.41) is 10.8. The minimum absolute atomic E-state index is 0.0414. The monoisotopic (exact) mass is 333 g/mol. The molecule has 7 heteroatoms. The topological polar surface area (TPSA) is 80.1 Å². The van der Waals surface area contributed by atoms with Crippen molar-refractivity contribution in [3.8, 4) is 23.0 Å². The second kappa shape index (κ2) is 8.61. The number of non-ortho nitro benzene ring substituents is 1. The molecule has 0 heterocycles. The number of rotatable bonds is 9. The van der Waals surface area contributed by atoms with Crippen LogP contribution in [-0.4, -0.2) is 32.4 Å². The first kappa shape index (κ1) is 17.4. The molecule has 2 aromatic rings. The van der Waals surface area contributed by atoms with Crippen LogP contribution in [0.25, 0.3) is 0 Å². The van der Waals surface area contributed by atoms with Crippen molar-refractivity contribution in [2.24, 2.45) is 0 Å². The van der Waals surface area contributed by atoms with E-state index >= 15 is 0 Å². The second-order valence-electron chi connectivity index (χ2n) is 4.82. The van der Waals surface area contributed by atoms with E-state index in [1.165, 1.54) is 25.3 Å². The van der Waals surface area contributed by atoms with Crippen molar-refractivity contribution in [1.82, 2.24) is 0 Å². The van der Waals surface area contributed by atoms with Gasteiger partial charge in [-0.15, -0.1) is 0 Å². The zero-order valence-electron chi connectivity index (χ0n) is 13.6. The van der Waals surface area contributed by atoms with Crippen LogP contribution in [0.4, 0.5) is 5.69 Å². The van der Waals surface area contributed by atoms with Crippen molar-refractivity contribution < 1.29 is 23.9 Å². The Morgan fingerprint density at radius 1 is 0.875 bits per heavy atom. The summed E-state index contributed by atoms with van der Waals surface area (Å²) in [6.45, 7) is 0.817. The van der Waals surface area contributed by atoms with E-state index in [4.69, 9.17) is 18.9 Å². The van der Waals surface area contributed by atoms with Gasteiger partial charge in [0.2, 0.25) is 0 Å². The quantitative estimate of drug-likeness (QED) is 0.397. The molecule has 2 rings (SSSR count). The number of methoxy groups -OCH3 is 2. The molecule has 0 radical (unpaired) electrons. The molecule has 0 N–H and O–H groups in total. The van der Waals surface area contributed by atoms with E-state index in [-0.39, 0.29) is 5.69 Å². The second-order valence-corrected chi connectivity index (χ2v) is 4.82. The predicted molar refractivity (Wildman–Crippen MR) is 88.2 cm³/mol. The molecule has 0 atom stereocenters. The predicted octanol–water partition coefficient (Wildman–Crippen LogP) is 3.46. The molecule has 0 spiro atoms. The van der Waals surface area contributed by atoms with Crippen LogP contribution in [0.1, 0.15) is 6.42 Å². The highest BCUT2D eigenvalue weighted by Gasteiger charge is 2.12. The van der Waals surface area contributed by atoms with Crippen LogP contribution in [-0.2, 0) is 0 Å². The molecule has 0 fully saturated rings. The molecule has 7 nitrogen and oxygen atoms in total. The number of ether oxygens (including phenoxy) is 4. The lowest BCUT2D eigenvalue weighted by molar-refractivity contribution is -0.385. The van der Waals surface area contributed by atoms with Gasteiger partial charge in [-0.05, 0) is 30.3 Å². The summed E-state index contributed by atoms with van der Waals surface area (Å²) in [6, 6.07) is 11.5. The zero-order valence-corrected chi connectivity index (χ0v) is 13.6. The van der Waals surface area contributed by atoms with Gasteiger partial charge in [0.25, 0.3) is 5.69 Å². The van der Waals surface area contributed by atoms with Crippen LogP contribution in [0.2, 0.25) is 0 Å². The average Bonchev–Trinajstić information content (AvgIpc) is 2.61. The maximum Gasteiger partial charge on any atom is 0.273 e. The molecule has 0 saturated carbocycles. The molecule has 2 aromatic carbocycles. The van der Waals surface area contributed by atoms with Crippen molar-refractivity contribution in [2.75, 3.05) is 27.4 Å². The Morgan fingerprint density at radius 2 is 1.54 bits per heavy atom. The summed E-state index contributed by atoms with van der Waals surface area (Å²) in [5.74, 6) is 2.31. The maximum absolute atomic E-state index is 10.8. The Labute approximate surface area is 139 Å². The Morgan fingerprint density at radius 3 is 2.17 bits per heavy atom. The number of nitro groups is 1. The van der Waals surface area contributed by atoms with Crippen LogP contribution in [0.5, 0.6) is 23.0 Å². The first-order valence-corrected chi connectivity index (χ1v) is 7.36. The number of hydrogen-bond donors (Lipinski definition) is 0. The average molecular weight is 333 g/mol. The first-order valence-electron chi connectivity index (χ1n) is 7.36. The third kappa shape index (κ3) is 4.77. The van der Waals surface area contributed by atoms with Crippen molar-refractivity contribution in [2.45, 2.75) is 6.42 Å². The highest BCUT2D eigenvalue weighted by Crippen LogP contribution is 2.31. The zero-order chi connectivity index (χ0) is 17.4. The number of benzene rings is 2. The molecule has 24 heavy (non-hydrogen) atoms. The molecule has 0 unspecified atom stereocenters. The SMILES string of the molecule is COc1ccc(OCCCOc2cc([N+](=O)[O-])ccc2OC)cc1. The van der Waals surface area contributed by atoms with Gasteiger partial charge in [0.1, 0.15) is 11.5 Å². The lowest BCUT2D eigenvalue weighted by Crippen LogP contribution is -2.06. The third-order valence-electron chi connectivity index (χ3n) is 3.23. The van der Waals surface area contributed by atoms with Crippen LogP contribution in [0.15, 0.2) is 42.5 Å². The Bertz CT molecular complexity index is 671. The molecule has 0 amide bonds. The smallest absolute Gasteiger partial charge is 0.273 e. The Kier molecular flexibility index (Phi) is 6.24. The molecule has 0 saturated heterocycles. The lowest BCUT2D eigenvalue weighted by Gasteiger charge is -2.11. The number of nitro benzene ring substituents is 1. The highest BCUT2D eigenvalue weighted by atomic mass is 16.6. The fourth-order valence-electron chi connectivity index (χ4n) is 1.99. The Balaban J connectivity index is 1.81. The molecule has 128 valence electrons. The van der Waals surface area contributed by atoms with Crippen molar-refractivity contribution in [3.63, 3.8) is 0 Å². The largest absolute Gasteiger partial charge is 0.497 e. The standard InChI is InChI=1S/C17H19NO6/c1-21-14-5-7-15(8-6-14)23-10-3-11-24-17-12-13(18(19)20)4-9-16(17)22-2/h4-9,12H,3,10-11H2,1-2H3. The van der Waals surface area contributed by atoms with Crippen LogP contribution < -0.4 is 18.9 Å². The Hall–Kier alpha value is -2.96. The van der Waals surface area contributed by atoms with Crippen LogP contribution >= 0.6 is 0 Å². The van der Waals surface area contributed by atoms with Crippen molar-refractivity contribution in [1.29, 1.82) is 0 Å². The van der Waals surface area contributed by atoms with Gasteiger partial charge >= 0.3 is 0 Å². The van der Waals surface area contributed by atoms with Gasteiger partial charge in [0, 0.05) is 12.5 Å². The summed E-state index contributed by atoms with van der Waals surface area (Å²) in [4.78, 5) is 10.3. The lowest BCUT2D eigenvalue weighted by atomic mass is 10.3. The van der Waals surface area contributed by atoms with Gasteiger partial charge in [0.05, 0.1) is 38.4 Å². The number of nitrogens with zero attached hydrogens (tertiary/aromatic N) is 1. The van der Waals surface area contributed by atoms with E-state index in [9.17, 15) is 10.1 Å². The molecule has 0 aromatic heterocycles. The van der Waals surface area contributed by atoms with Crippen LogP contribution in [0.3, 0.4) is 0 Å². The number of hydrogen-bond acceptors (Lipinski definition) is 6. The summed E-state index contributed by atoms with van der Waals surface area (Å²) in [6.07, 6.45) is 0.623. The molecular formula is C17H19NO6. The highest BCUT2D eigenvalue weighted by molar-refractivity contribution is 5.48.